The molecular weight excluding hydrogens is 302 g/mol. The maximum Gasteiger partial charge on any atom is 0.207 e. The van der Waals surface area contributed by atoms with Crippen LogP contribution in [0.2, 0.25) is 5.02 Å². The van der Waals surface area contributed by atoms with Crippen molar-refractivity contribution in [2.45, 2.75) is 0 Å². The van der Waals surface area contributed by atoms with Crippen LogP contribution in [0, 0.1) is 3.57 Å². The SMILES string of the molecule is O=c1c(I)coc2cccc(Cl)c12. The van der Waals surface area contributed by atoms with E-state index in [4.69, 9.17) is 16.0 Å². The Balaban J connectivity index is 3.06. The lowest BCUT2D eigenvalue weighted by atomic mass is 10.2. The number of rotatable bonds is 0. The first kappa shape index (κ1) is 9.02. The van der Waals surface area contributed by atoms with Gasteiger partial charge in [0.25, 0.3) is 0 Å². The number of hydrogen-bond donors (Lipinski definition) is 0. The highest BCUT2D eigenvalue weighted by Crippen LogP contribution is 2.20. The summed E-state index contributed by atoms with van der Waals surface area (Å²) in [5, 5.41) is 0.890. The van der Waals surface area contributed by atoms with Crippen molar-refractivity contribution in [1.29, 1.82) is 0 Å². The Kier molecular flexibility index (Phi) is 2.29. The second kappa shape index (κ2) is 3.31. The summed E-state index contributed by atoms with van der Waals surface area (Å²) in [6.45, 7) is 0. The Morgan fingerprint density at radius 2 is 2.15 bits per heavy atom. The van der Waals surface area contributed by atoms with Gasteiger partial charge in [-0.05, 0) is 34.7 Å². The minimum absolute atomic E-state index is 0.0764. The van der Waals surface area contributed by atoms with Gasteiger partial charge in [0.05, 0.1) is 14.0 Å². The standard InChI is InChI=1S/C9H4ClIO2/c10-5-2-1-3-7-8(5)9(12)6(11)4-13-7/h1-4H. The summed E-state index contributed by atoms with van der Waals surface area (Å²) >= 11 is 7.80. The highest BCUT2D eigenvalue weighted by molar-refractivity contribution is 14.1. The third-order valence-electron chi connectivity index (χ3n) is 1.71. The van der Waals surface area contributed by atoms with Gasteiger partial charge in [-0.3, -0.25) is 4.79 Å². The van der Waals surface area contributed by atoms with Gasteiger partial charge in [0.1, 0.15) is 11.8 Å². The maximum atomic E-state index is 11.6. The van der Waals surface area contributed by atoms with E-state index < -0.39 is 0 Å². The van der Waals surface area contributed by atoms with Crippen LogP contribution in [-0.4, -0.2) is 0 Å². The van der Waals surface area contributed by atoms with Crippen molar-refractivity contribution in [3.8, 4) is 0 Å². The molecule has 0 bridgehead atoms. The van der Waals surface area contributed by atoms with Crippen LogP contribution in [0.3, 0.4) is 0 Å². The Labute approximate surface area is 92.6 Å². The van der Waals surface area contributed by atoms with E-state index in [-0.39, 0.29) is 5.43 Å². The molecular formula is C9H4ClIO2. The minimum Gasteiger partial charge on any atom is -0.463 e. The average molecular weight is 306 g/mol. The van der Waals surface area contributed by atoms with Crippen molar-refractivity contribution < 1.29 is 4.42 Å². The molecule has 0 saturated carbocycles. The van der Waals surface area contributed by atoms with Gasteiger partial charge in [0, 0.05) is 0 Å². The second-order valence-corrected chi connectivity index (χ2v) is 4.10. The van der Waals surface area contributed by atoms with E-state index in [0.29, 0.717) is 19.6 Å². The van der Waals surface area contributed by atoms with Crippen molar-refractivity contribution in [3.05, 3.63) is 43.3 Å². The van der Waals surface area contributed by atoms with Gasteiger partial charge in [-0.1, -0.05) is 17.7 Å². The van der Waals surface area contributed by atoms with E-state index in [1.165, 1.54) is 6.26 Å². The van der Waals surface area contributed by atoms with E-state index in [1.54, 1.807) is 18.2 Å². The van der Waals surface area contributed by atoms with Gasteiger partial charge in [0.2, 0.25) is 5.43 Å². The van der Waals surface area contributed by atoms with Crippen molar-refractivity contribution >= 4 is 45.2 Å². The van der Waals surface area contributed by atoms with E-state index >= 15 is 0 Å². The molecule has 0 amide bonds. The third kappa shape index (κ3) is 1.46. The summed E-state index contributed by atoms with van der Waals surface area (Å²) in [6.07, 6.45) is 1.43. The zero-order chi connectivity index (χ0) is 9.42. The third-order valence-corrected chi connectivity index (χ3v) is 2.77. The fourth-order valence-corrected chi connectivity index (χ4v) is 1.76. The summed E-state index contributed by atoms with van der Waals surface area (Å²) in [5.74, 6) is 0. The molecule has 0 aliphatic rings. The number of hydrogen-bond acceptors (Lipinski definition) is 2. The summed E-state index contributed by atoms with van der Waals surface area (Å²) in [4.78, 5) is 11.6. The molecule has 1 aromatic heterocycles. The first-order valence-electron chi connectivity index (χ1n) is 3.55. The quantitative estimate of drug-likeness (QED) is 0.700. The first-order chi connectivity index (χ1) is 6.20. The van der Waals surface area contributed by atoms with Crippen LogP contribution in [0.1, 0.15) is 0 Å². The lowest BCUT2D eigenvalue weighted by Gasteiger charge is -1.97. The molecule has 0 aliphatic carbocycles. The van der Waals surface area contributed by atoms with Crippen molar-refractivity contribution in [1.82, 2.24) is 0 Å². The van der Waals surface area contributed by atoms with Gasteiger partial charge < -0.3 is 4.42 Å². The molecule has 2 nitrogen and oxygen atoms in total. The molecule has 2 rings (SSSR count). The topological polar surface area (TPSA) is 30.2 Å². The molecule has 13 heavy (non-hydrogen) atoms. The number of halogens is 2. The largest absolute Gasteiger partial charge is 0.463 e. The Hall–Kier alpha value is -0.550. The van der Waals surface area contributed by atoms with Crippen LogP contribution < -0.4 is 5.43 Å². The Morgan fingerprint density at radius 3 is 2.92 bits per heavy atom. The van der Waals surface area contributed by atoms with Crippen molar-refractivity contribution in [3.63, 3.8) is 0 Å². The molecule has 0 atom stereocenters. The van der Waals surface area contributed by atoms with E-state index in [1.807, 2.05) is 22.6 Å². The molecule has 1 aromatic carbocycles. The fraction of sp³-hybridized carbons (Fsp3) is 0. The summed E-state index contributed by atoms with van der Waals surface area (Å²) in [5.41, 5.74) is 0.449. The summed E-state index contributed by atoms with van der Waals surface area (Å²) < 4.78 is 5.75. The van der Waals surface area contributed by atoms with Gasteiger partial charge in [-0.2, -0.15) is 0 Å². The van der Waals surface area contributed by atoms with Crippen LogP contribution in [-0.2, 0) is 0 Å². The van der Waals surface area contributed by atoms with E-state index in [0.717, 1.165) is 0 Å². The van der Waals surface area contributed by atoms with Crippen LogP contribution in [0.15, 0.2) is 33.7 Å². The molecule has 1 heterocycles. The van der Waals surface area contributed by atoms with Gasteiger partial charge in [-0.15, -0.1) is 0 Å². The van der Waals surface area contributed by atoms with Crippen LogP contribution in [0.5, 0.6) is 0 Å². The molecule has 0 saturated heterocycles. The Morgan fingerprint density at radius 1 is 1.38 bits per heavy atom. The molecule has 0 aliphatic heterocycles. The number of benzene rings is 1. The molecule has 4 heteroatoms. The van der Waals surface area contributed by atoms with Gasteiger partial charge in [0.15, 0.2) is 0 Å². The Bertz CT molecular complexity index is 518. The van der Waals surface area contributed by atoms with Crippen molar-refractivity contribution in [2.75, 3.05) is 0 Å². The zero-order valence-electron chi connectivity index (χ0n) is 6.38. The molecule has 2 aromatic rings. The lowest BCUT2D eigenvalue weighted by Crippen LogP contribution is -2.04. The molecule has 0 radical (unpaired) electrons. The smallest absolute Gasteiger partial charge is 0.207 e. The minimum atomic E-state index is -0.0764. The predicted octanol–water partition coefficient (Wildman–Crippen LogP) is 3.05. The first-order valence-corrected chi connectivity index (χ1v) is 5.01. The van der Waals surface area contributed by atoms with Crippen LogP contribution in [0.25, 0.3) is 11.0 Å². The lowest BCUT2D eigenvalue weighted by molar-refractivity contribution is 0.598. The molecule has 0 N–H and O–H groups in total. The van der Waals surface area contributed by atoms with E-state index in [2.05, 4.69) is 0 Å². The second-order valence-electron chi connectivity index (χ2n) is 2.53. The molecule has 66 valence electrons. The fourth-order valence-electron chi connectivity index (χ4n) is 1.11. The van der Waals surface area contributed by atoms with Gasteiger partial charge in [-0.25, -0.2) is 0 Å². The van der Waals surface area contributed by atoms with Crippen LogP contribution in [0.4, 0.5) is 0 Å². The van der Waals surface area contributed by atoms with Crippen LogP contribution >= 0.6 is 34.2 Å². The monoisotopic (exact) mass is 306 g/mol. The summed E-state index contributed by atoms with van der Waals surface area (Å²) in [6, 6.07) is 5.15. The zero-order valence-corrected chi connectivity index (χ0v) is 9.30. The highest BCUT2D eigenvalue weighted by Gasteiger charge is 2.07. The maximum absolute atomic E-state index is 11.6. The summed E-state index contributed by atoms with van der Waals surface area (Å²) in [7, 11) is 0. The van der Waals surface area contributed by atoms with E-state index in [9.17, 15) is 4.79 Å². The van der Waals surface area contributed by atoms with Crippen molar-refractivity contribution in [2.24, 2.45) is 0 Å². The molecule has 0 spiro atoms. The number of fused-ring (bicyclic) bond motifs is 1. The predicted molar refractivity (Wildman–Crippen MR) is 60.2 cm³/mol. The average Bonchev–Trinajstić information content (AvgIpc) is 2.12. The van der Waals surface area contributed by atoms with Gasteiger partial charge >= 0.3 is 0 Å². The molecule has 0 unspecified atom stereocenters. The molecule has 0 fully saturated rings. The highest BCUT2D eigenvalue weighted by atomic mass is 127. The normalized spacial score (nSPS) is 10.6.